The maximum Gasteiger partial charge on any atom is 0.489 e. The molecule has 6 heteroatoms. The molecule has 28 heavy (non-hydrogen) atoms. The predicted octanol–water partition coefficient (Wildman–Crippen LogP) is 4.54. The highest BCUT2D eigenvalue weighted by Crippen LogP contribution is 2.39. The van der Waals surface area contributed by atoms with Crippen LogP contribution in [-0.2, 0) is 18.8 Å². The molecule has 1 saturated heterocycles. The summed E-state index contributed by atoms with van der Waals surface area (Å²) in [5.41, 5.74) is 1.38. The molecule has 0 amide bonds. The molecular formula is C22H41BO5. The number of rotatable bonds is 11. The van der Waals surface area contributed by atoms with Crippen molar-refractivity contribution in [3.8, 4) is 0 Å². The monoisotopic (exact) mass is 396 g/mol. The molecule has 0 aromatic rings. The van der Waals surface area contributed by atoms with Gasteiger partial charge in [-0.15, -0.1) is 0 Å². The Hall–Kier alpha value is -0.655. The van der Waals surface area contributed by atoms with Crippen LogP contribution in [0.5, 0.6) is 0 Å². The molecule has 0 radical (unpaired) electrons. The highest BCUT2D eigenvalue weighted by Gasteiger charge is 2.51. The second-order valence-electron chi connectivity index (χ2n) is 8.80. The summed E-state index contributed by atoms with van der Waals surface area (Å²) in [6.45, 7) is 17.0. The molecule has 0 unspecified atom stereocenters. The normalized spacial score (nSPS) is 23.0. The van der Waals surface area contributed by atoms with Crippen molar-refractivity contribution in [3.63, 3.8) is 0 Å². The fraction of sp³-hybridized carbons (Fsp3) is 0.818. The van der Waals surface area contributed by atoms with Crippen molar-refractivity contribution < 1.29 is 23.9 Å². The Morgan fingerprint density at radius 2 is 1.68 bits per heavy atom. The largest absolute Gasteiger partial charge is 0.489 e. The minimum Gasteiger partial charge on any atom is -0.400 e. The molecule has 1 fully saturated rings. The summed E-state index contributed by atoms with van der Waals surface area (Å²) < 4.78 is 23.6. The summed E-state index contributed by atoms with van der Waals surface area (Å²) >= 11 is 0. The van der Waals surface area contributed by atoms with Gasteiger partial charge >= 0.3 is 7.12 Å². The van der Waals surface area contributed by atoms with E-state index in [1.165, 1.54) is 0 Å². The Bertz CT molecular complexity index is 519. The first-order valence-corrected chi connectivity index (χ1v) is 10.5. The van der Waals surface area contributed by atoms with Crippen molar-refractivity contribution in [1.82, 2.24) is 0 Å². The number of aliphatic hydroxyl groups is 1. The van der Waals surface area contributed by atoms with Crippen LogP contribution in [0.2, 0.25) is 0 Å². The summed E-state index contributed by atoms with van der Waals surface area (Å²) in [4.78, 5) is 0. The molecule has 1 aliphatic heterocycles. The standard InChI is InChI=1S/C22H41BO5/c1-10-18(14-24)13-19(11-2)20(26-15-25-9)16(3)12-17(4)23-27-21(5,6)22(7,8)28-23/h12-13,16,19-20,24H,10-11,14-15H2,1-9H3/b17-12+,18-13+/t16-,19-,20-/m0/s1. The molecule has 3 atom stereocenters. The molecule has 0 spiro atoms. The van der Waals surface area contributed by atoms with E-state index in [1.54, 1.807) is 7.11 Å². The SMILES string of the molecule is CC/C(=C\[C@H](CC)[C@@H](OCOC)[C@@H](C)/C=C(\C)B1OC(C)(C)C(C)(C)O1)CO. The molecular weight excluding hydrogens is 355 g/mol. The lowest BCUT2D eigenvalue weighted by atomic mass is 9.76. The molecule has 0 saturated carbocycles. The summed E-state index contributed by atoms with van der Waals surface area (Å²) in [5.74, 6) is 0.321. The van der Waals surface area contributed by atoms with Crippen LogP contribution in [0.1, 0.15) is 68.2 Å². The zero-order valence-electron chi connectivity index (χ0n) is 19.4. The van der Waals surface area contributed by atoms with Crippen LogP contribution in [0.15, 0.2) is 23.2 Å². The average molecular weight is 396 g/mol. The van der Waals surface area contributed by atoms with E-state index in [1.807, 2.05) is 6.92 Å². The van der Waals surface area contributed by atoms with Gasteiger partial charge in [-0.1, -0.05) is 32.9 Å². The average Bonchev–Trinajstić information content (AvgIpc) is 2.85. The zero-order valence-corrected chi connectivity index (χ0v) is 19.4. The second kappa shape index (κ2) is 10.9. The third-order valence-electron chi connectivity index (χ3n) is 6.05. The van der Waals surface area contributed by atoms with Gasteiger partial charge in [-0.3, -0.25) is 0 Å². The van der Waals surface area contributed by atoms with E-state index in [0.29, 0.717) is 0 Å². The Balaban J connectivity index is 3.04. The van der Waals surface area contributed by atoms with E-state index >= 15 is 0 Å². The molecule has 1 aliphatic rings. The van der Waals surface area contributed by atoms with Crippen LogP contribution >= 0.6 is 0 Å². The van der Waals surface area contributed by atoms with Gasteiger partial charge in [0.25, 0.3) is 0 Å². The molecule has 162 valence electrons. The van der Waals surface area contributed by atoms with Crippen molar-refractivity contribution in [1.29, 1.82) is 0 Å². The smallest absolute Gasteiger partial charge is 0.400 e. The highest BCUT2D eigenvalue weighted by molar-refractivity contribution is 6.54. The van der Waals surface area contributed by atoms with Crippen LogP contribution in [0.4, 0.5) is 0 Å². The van der Waals surface area contributed by atoms with E-state index in [-0.39, 0.29) is 49.7 Å². The Labute approximate surface area is 172 Å². The van der Waals surface area contributed by atoms with E-state index in [9.17, 15) is 5.11 Å². The minimum absolute atomic E-state index is 0.0598. The van der Waals surface area contributed by atoms with E-state index in [4.69, 9.17) is 18.8 Å². The Morgan fingerprint density at radius 1 is 1.11 bits per heavy atom. The fourth-order valence-electron chi connectivity index (χ4n) is 3.46. The second-order valence-corrected chi connectivity index (χ2v) is 8.80. The Morgan fingerprint density at radius 3 is 2.11 bits per heavy atom. The molecule has 1 rings (SSSR count). The molecule has 5 nitrogen and oxygen atoms in total. The summed E-state index contributed by atoms with van der Waals surface area (Å²) in [5, 5.41) is 9.58. The summed E-state index contributed by atoms with van der Waals surface area (Å²) in [6.07, 6.45) is 6.04. The third-order valence-corrected chi connectivity index (χ3v) is 6.05. The first-order valence-electron chi connectivity index (χ1n) is 10.5. The minimum atomic E-state index is -0.353. The molecule has 0 bridgehead atoms. The number of ether oxygens (including phenoxy) is 2. The van der Waals surface area contributed by atoms with Gasteiger partial charge < -0.3 is 23.9 Å². The van der Waals surface area contributed by atoms with Crippen molar-refractivity contribution >= 4 is 7.12 Å². The van der Waals surface area contributed by atoms with Gasteiger partial charge in [0, 0.05) is 18.9 Å². The molecule has 1 N–H and O–H groups in total. The van der Waals surface area contributed by atoms with Gasteiger partial charge in [-0.2, -0.15) is 0 Å². The topological polar surface area (TPSA) is 57.2 Å². The maximum absolute atomic E-state index is 9.58. The number of methoxy groups -OCH3 is 1. The number of aliphatic hydroxyl groups excluding tert-OH is 1. The fourth-order valence-corrected chi connectivity index (χ4v) is 3.46. The van der Waals surface area contributed by atoms with Crippen LogP contribution in [0, 0.1) is 11.8 Å². The van der Waals surface area contributed by atoms with Crippen molar-refractivity contribution in [3.05, 3.63) is 23.2 Å². The third kappa shape index (κ3) is 6.43. The number of allylic oxidation sites excluding steroid dienone is 1. The van der Waals surface area contributed by atoms with Gasteiger partial charge in [0.1, 0.15) is 6.79 Å². The lowest BCUT2D eigenvalue weighted by molar-refractivity contribution is -0.0975. The van der Waals surface area contributed by atoms with Crippen LogP contribution in [0.3, 0.4) is 0 Å². The van der Waals surface area contributed by atoms with Gasteiger partial charge in [0.2, 0.25) is 0 Å². The van der Waals surface area contributed by atoms with E-state index in [2.05, 4.69) is 60.6 Å². The lowest BCUT2D eigenvalue weighted by Gasteiger charge is -2.32. The molecule has 0 aromatic carbocycles. The van der Waals surface area contributed by atoms with Crippen LogP contribution in [-0.4, -0.2) is 50.0 Å². The van der Waals surface area contributed by atoms with Gasteiger partial charge in [0.15, 0.2) is 0 Å². The van der Waals surface area contributed by atoms with Crippen LogP contribution in [0.25, 0.3) is 0 Å². The van der Waals surface area contributed by atoms with Gasteiger partial charge in [-0.25, -0.2) is 0 Å². The van der Waals surface area contributed by atoms with E-state index < -0.39 is 0 Å². The molecule has 0 aliphatic carbocycles. The summed E-state index contributed by atoms with van der Waals surface area (Å²) in [6, 6.07) is 0. The number of hydrogen-bond donors (Lipinski definition) is 1. The first-order chi connectivity index (χ1) is 13.0. The number of hydrogen-bond acceptors (Lipinski definition) is 5. The van der Waals surface area contributed by atoms with Crippen molar-refractivity contribution in [2.24, 2.45) is 11.8 Å². The van der Waals surface area contributed by atoms with Crippen LogP contribution < -0.4 is 0 Å². The molecule has 0 aromatic heterocycles. The summed E-state index contributed by atoms with van der Waals surface area (Å²) in [7, 11) is 1.28. The Kier molecular flexibility index (Phi) is 9.91. The van der Waals surface area contributed by atoms with E-state index in [0.717, 1.165) is 23.9 Å². The van der Waals surface area contributed by atoms with Gasteiger partial charge in [0.05, 0.1) is 23.9 Å². The highest BCUT2D eigenvalue weighted by atomic mass is 16.7. The predicted molar refractivity (Wildman–Crippen MR) is 115 cm³/mol. The maximum atomic E-state index is 9.58. The van der Waals surface area contributed by atoms with Gasteiger partial charge in [-0.05, 0) is 58.5 Å². The quantitative estimate of drug-likeness (QED) is 0.316. The molecule has 1 heterocycles. The van der Waals surface area contributed by atoms with Crippen molar-refractivity contribution in [2.45, 2.75) is 85.5 Å². The lowest BCUT2D eigenvalue weighted by Crippen LogP contribution is -2.41. The first kappa shape index (κ1) is 25.4. The van der Waals surface area contributed by atoms with Crippen molar-refractivity contribution in [2.75, 3.05) is 20.5 Å². The zero-order chi connectivity index (χ0) is 21.5.